The number of nitrogens with zero attached hydrogens (tertiary/aromatic N) is 2. The lowest BCUT2D eigenvalue weighted by Crippen LogP contribution is -2.40. The average Bonchev–Trinajstić information content (AvgIpc) is 2.67. The standard InChI is InChI=1S/C13H21N3O3/c1-6-8(12(18)19)14-11(17)9-7-10(13(2,3)4)15-16(9)5/h7-8H,6H2,1-5H3,(H,14,17)(H,18,19). The fraction of sp³-hybridized carbons (Fsp3) is 0.615. The van der Waals surface area contributed by atoms with Crippen LogP contribution in [0.2, 0.25) is 0 Å². The van der Waals surface area contributed by atoms with Gasteiger partial charge in [-0.2, -0.15) is 5.10 Å². The van der Waals surface area contributed by atoms with E-state index in [2.05, 4.69) is 10.4 Å². The lowest BCUT2D eigenvalue weighted by atomic mass is 9.92. The number of carboxylic acids is 1. The van der Waals surface area contributed by atoms with E-state index in [0.717, 1.165) is 5.69 Å². The number of aliphatic carboxylic acids is 1. The molecule has 0 aliphatic heterocycles. The summed E-state index contributed by atoms with van der Waals surface area (Å²) in [5.74, 6) is -1.45. The Morgan fingerprint density at radius 1 is 1.47 bits per heavy atom. The molecule has 0 spiro atoms. The maximum Gasteiger partial charge on any atom is 0.326 e. The molecular weight excluding hydrogens is 246 g/mol. The highest BCUT2D eigenvalue weighted by Crippen LogP contribution is 2.21. The number of nitrogens with one attached hydrogen (secondary N) is 1. The fourth-order valence-corrected chi connectivity index (χ4v) is 1.62. The van der Waals surface area contributed by atoms with Crippen molar-refractivity contribution in [2.45, 2.75) is 45.6 Å². The van der Waals surface area contributed by atoms with E-state index < -0.39 is 17.9 Å². The molecule has 1 unspecified atom stereocenters. The van der Waals surface area contributed by atoms with Crippen molar-refractivity contribution in [3.63, 3.8) is 0 Å². The highest BCUT2D eigenvalue weighted by atomic mass is 16.4. The topological polar surface area (TPSA) is 84.2 Å². The number of aromatic nitrogens is 2. The third kappa shape index (κ3) is 3.56. The van der Waals surface area contributed by atoms with Crippen LogP contribution >= 0.6 is 0 Å². The molecule has 2 N–H and O–H groups in total. The van der Waals surface area contributed by atoms with Crippen LogP contribution in [0, 0.1) is 0 Å². The second-order valence-corrected chi connectivity index (χ2v) is 5.56. The smallest absolute Gasteiger partial charge is 0.326 e. The van der Waals surface area contributed by atoms with Gasteiger partial charge in [-0.15, -0.1) is 0 Å². The van der Waals surface area contributed by atoms with Gasteiger partial charge in [0.05, 0.1) is 5.69 Å². The van der Waals surface area contributed by atoms with E-state index in [0.29, 0.717) is 12.1 Å². The molecule has 6 heteroatoms. The van der Waals surface area contributed by atoms with Crippen molar-refractivity contribution in [1.29, 1.82) is 0 Å². The summed E-state index contributed by atoms with van der Waals surface area (Å²) in [6, 6.07) is 0.824. The van der Waals surface area contributed by atoms with Gasteiger partial charge in [0, 0.05) is 12.5 Å². The molecule has 0 fully saturated rings. The summed E-state index contributed by atoms with van der Waals surface area (Å²) in [5.41, 5.74) is 1.00. The number of aryl methyl sites for hydroxylation is 1. The summed E-state index contributed by atoms with van der Waals surface area (Å²) in [7, 11) is 1.67. The van der Waals surface area contributed by atoms with E-state index in [9.17, 15) is 9.59 Å². The van der Waals surface area contributed by atoms with Crippen molar-refractivity contribution in [3.8, 4) is 0 Å². The average molecular weight is 267 g/mol. The molecule has 0 saturated heterocycles. The van der Waals surface area contributed by atoms with Crippen molar-refractivity contribution in [3.05, 3.63) is 17.5 Å². The van der Waals surface area contributed by atoms with Crippen LogP contribution < -0.4 is 5.32 Å². The SMILES string of the molecule is CCC(NC(=O)c1cc(C(C)(C)C)nn1C)C(=O)O. The first kappa shape index (κ1) is 15.2. The molecule has 0 radical (unpaired) electrons. The Morgan fingerprint density at radius 3 is 2.42 bits per heavy atom. The van der Waals surface area contributed by atoms with Crippen LogP contribution in [-0.4, -0.2) is 32.8 Å². The number of carbonyl (C=O) groups excluding carboxylic acids is 1. The van der Waals surface area contributed by atoms with Crippen LogP contribution in [0.15, 0.2) is 6.07 Å². The molecule has 0 aliphatic rings. The maximum atomic E-state index is 12.0. The minimum Gasteiger partial charge on any atom is -0.480 e. The van der Waals surface area contributed by atoms with Gasteiger partial charge in [0.15, 0.2) is 0 Å². The molecule has 1 heterocycles. The van der Waals surface area contributed by atoms with Gasteiger partial charge >= 0.3 is 5.97 Å². The van der Waals surface area contributed by atoms with E-state index in [-0.39, 0.29) is 5.41 Å². The minimum atomic E-state index is -1.03. The van der Waals surface area contributed by atoms with Crippen LogP contribution in [0.3, 0.4) is 0 Å². The van der Waals surface area contributed by atoms with Gasteiger partial charge in [0.2, 0.25) is 0 Å². The number of carbonyl (C=O) groups is 2. The van der Waals surface area contributed by atoms with Crippen molar-refractivity contribution in [1.82, 2.24) is 15.1 Å². The zero-order valence-electron chi connectivity index (χ0n) is 12.0. The first-order valence-corrected chi connectivity index (χ1v) is 6.25. The predicted molar refractivity (Wildman–Crippen MR) is 71.1 cm³/mol. The van der Waals surface area contributed by atoms with E-state index in [4.69, 9.17) is 5.11 Å². The Labute approximate surface area is 112 Å². The van der Waals surface area contributed by atoms with Crippen LogP contribution in [0.1, 0.15) is 50.3 Å². The molecule has 1 atom stereocenters. The lowest BCUT2D eigenvalue weighted by Gasteiger charge is -2.13. The van der Waals surface area contributed by atoms with Gasteiger partial charge in [-0.3, -0.25) is 9.48 Å². The number of hydrogen-bond acceptors (Lipinski definition) is 3. The van der Waals surface area contributed by atoms with Crippen molar-refractivity contribution in [2.75, 3.05) is 0 Å². The van der Waals surface area contributed by atoms with Crippen molar-refractivity contribution in [2.24, 2.45) is 7.05 Å². The molecule has 6 nitrogen and oxygen atoms in total. The third-order valence-corrected chi connectivity index (χ3v) is 2.89. The van der Waals surface area contributed by atoms with E-state index in [1.165, 1.54) is 4.68 Å². The zero-order valence-corrected chi connectivity index (χ0v) is 12.0. The highest BCUT2D eigenvalue weighted by Gasteiger charge is 2.24. The van der Waals surface area contributed by atoms with E-state index in [1.807, 2.05) is 20.8 Å². The Bertz CT molecular complexity index is 486. The van der Waals surface area contributed by atoms with Crippen LogP contribution in [0.4, 0.5) is 0 Å². The number of hydrogen-bond donors (Lipinski definition) is 2. The Morgan fingerprint density at radius 2 is 2.05 bits per heavy atom. The Kier molecular flexibility index (Phi) is 4.34. The first-order chi connectivity index (χ1) is 8.66. The van der Waals surface area contributed by atoms with E-state index >= 15 is 0 Å². The molecular formula is C13H21N3O3. The van der Waals surface area contributed by atoms with Crippen LogP contribution in [0.5, 0.6) is 0 Å². The van der Waals surface area contributed by atoms with Crippen LogP contribution in [-0.2, 0) is 17.3 Å². The summed E-state index contributed by atoms with van der Waals surface area (Å²) in [6.45, 7) is 7.72. The normalized spacial score (nSPS) is 13.1. The summed E-state index contributed by atoms with van der Waals surface area (Å²) in [5, 5.41) is 15.7. The highest BCUT2D eigenvalue weighted by molar-refractivity contribution is 5.95. The number of amides is 1. The molecule has 106 valence electrons. The molecule has 0 aliphatic carbocycles. The fourth-order valence-electron chi connectivity index (χ4n) is 1.62. The largest absolute Gasteiger partial charge is 0.480 e. The summed E-state index contributed by atoms with van der Waals surface area (Å²) in [6.07, 6.45) is 0.338. The van der Waals surface area contributed by atoms with Gasteiger partial charge in [-0.05, 0) is 12.5 Å². The van der Waals surface area contributed by atoms with Crippen LogP contribution in [0.25, 0.3) is 0 Å². The van der Waals surface area contributed by atoms with Gasteiger partial charge in [-0.1, -0.05) is 27.7 Å². The van der Waals surface area contributed by atoms with Gasteiger partial charge in [-0.25, -0.2) is 4.79 Å². The molecule has 0 saturated carbocycles. The molecule has 0 aromatic carbocycles. The van der Waals surface area contributed by atoms with E-state index in [1.54, 1.807) is 20.0 Å². The molecule has 19 heavy (non-hydrogen) atoms. The van der Waals surface area contributed by atoms with Crippen molar-refractivity contribution < 1.29 is 14.7 Å². The number of rotatable bonds is 4. The maximum absolute atomic E-state index is 12.0. The molecule has 1 aromatic rings. The zero-order chi connectivity index (χ0) is 14.8. The van der Waals surface area contributed by atoms with Gasteiger partial charge < -0.3 is 10.4 Å². The molecule has 1 rings (SSSR count). The summed E-state index contributed by atoms with van der Waals surface area (Å²) >= 11 is 0. The minimum absolute atomic E-state index is 0.159. The molecule has 1 aromatic heterocycles. The molecule has 1 amide bonds. The monoisotopic (exact) mass is 267 g/mol. The second-order valence-electron chi connectivity index (χ2n) is 5.56. The first-order valence-electron chi connectivity index (χ1n) is 6.25. The lowest BCUT2D eigenvalue weighted by molar-refractivity contribution is -0.139. The van der Waals surface area contributed by atoms with Gasteiger partial charge in [0.1, 0.15) is 11.7 Å². The summed E-state index contributed by atoms with van der Waals surface area (Å²) in [4.78, 5) is 23.0. The van der Waals surface area contributed by atoms with Gasteiger partial charge in [0.25, 0.3) is 5.91 Å². The third-order valence-electron chi connectivity index (χ3n) is 2.89. The molecule has 0 bridgehead atoms. The van der Waals surface area contributed by atoms with Crippen molar-refractivity contribution >= 4 is 11.9 Å². The summed E-state index contributed by atoms with van der Waals surface area (Å²) < 4.78 is 1.48. The Balaban J connectivity index is 2.95. The predicted octanol–water partition coefficient (Wildman–Crippen LogP) is 1.31. The number of carboxylic acid groups (broad SMARTS) is 1. The Hall–Kier alpha value is -1.85. The second kappa shape index (κ2) is 5.42. The quantitative estimate of drug-likeness (QED) is 0.861.